The van der Waals surface area contributed by atoms with Crippen molar-refractivity contribution < 1.29 is 9.53 Å². The lowest BCUT2D eigenvalue weighted by atomic mass is 10.0. The summed E-state index contributed by atoms with van der Waals surface area (Å²) in [5, 5.41) is 7.91. The summed E-state index contributed by atoms with van der Waals surface area (Å²) < 4.78 is 6.03. The minimum absolute atomic E-state index is 0.181. The molecule has 1 aliphatic heterocycles. The summed E-state index contributed by atoms with van der Waals surface area (Å²) in [5.41, 5.74) is 1.65. The first-order valence-corrected chi connectivity index (χ1v) is 7.67. The zero-order valence-corrected chi connectivity index (χ0v) is 13.1. The van der Waals surface area contributed by atoms with E-state index < -0.39 is 6.23 Å². The van der Waals surface area contributed by atoms with Crippen LogP contribution < -0.4 is 0 Å². The van der Waals surface area contributed by atoms with Gasteiger partial charge in [0.15, 0.2) is 0 Å². The topological polar surface area (TPSA) is 54.8 Å². The average Bonchev–Trinajstić information content (AvgIpc) is 3.07. The van der Waals surface area contributed by atoms with Gasteiger partial charge in [0.2, 0.25) is 18.0 Å². The standard InChI is InChI=1S/C19H15N3O2/c1-13(23)22-19(15-8-5-11-20-12-15)24-18(21-22)17-10-4-7-14-6-2-3-9-16(14)17/h2-12,19H,1H3/t19-/m0/s1. The van der Waals surface area contributed by atoms with Crippen molar-refractivity contribution in [1.82, 2.24) is 9.99 Å². The Bertz CT molecular complexity index is 932. The third-order valence-electron chi connectivity index (χ3n) is 3.96. The molecule has 0 N–H and O–H groups in total. The first kappa shape index (κ1) is 14.4. The molecule has 0 bridgehead atoms. The summed E-state index contributed by atoms with van der Waals surface area (Å²) in [5.74, 6) is 0.259. The first-order valence-electron chi connectivity index (χ1n) is 7.67. The molecule has 5 nitrogen and oxygen atoms in total. The van der Waals surface area contributed by atoms with Crippen LogP contribution in [0.5, 0.6) is 0 Å². The molecule has 5 heteroatoms. The molecule has 0 aliphatic carbocycles. The summed E-state index contributed by atoms with van der Waals surface area (Å²) in [6, 6.07) is 17.6. The molecule has 4 rings (SSSR count). The molecule has 24 heavy (non-hydrogen) atoms. The van der Waals surface area contributed by atoms with Crippen LogP contribution in [0.4, 0.5) is 0 Å². The molecule has 118 valence electrons. The van der Waals surface area contributed by atoms with Crippen LogP contribution in [0.2, 0.25) is 0 Å². The lowest BCUT2D eigenvalue weighted by Gasteiger charge is -2.18. The molecule has 0 saturated heterocycles. The molecule has 1 atom stereocenters. The van der Waals surface area contributed by atoms with Crippen LogP contribution in [0.15, 0.2) is 72.1 Å². The predicted molar refractivity (Wildman–Crippen MR) is 91.1 cm³/mol. The highest BCUT2D eigenvalue weighted by atomic mass is 16.5. The summed E-state index contributed by atoms with van der Waals surface area (Å²) in [6.45, 7) is 1.47. The number of hydrazone groups is 1. The highest BCUT2D eigenvalue weighted by Crippen LogP contribution is 2.31. The van der Waals surface area contributed by atoms with E-state index in [1.54, 1.807) is 12.4 Å². The van der Waals surface area contributed by atoms with Crippen LogP contribution in [-0.2, 0) is 9.53 Å². The number of aromatic nitrogens is 1. The number of carbonyl (C=O) groups is 1. The van der Waals surface area contributed by atoms with Gasteiger partial charge in [-0.25, -0.2) is 0 Å². The normalized spacial score (nSPS) is 16.8. The summed E-state index contributed by atoms with van der Waals surface area (Å²) in [7, 11) is 0. The Hall–Kier alpha value is -3.21. The third kappa shape index (κ3) is 2.40. The summed E-state index contributed by atoms with van der Waals surface area (Å²) in [6.07, 6.45) is 2.77. The van der Waals surface area contributed by atoms with E-state index in [0.29, 0.717) is 5.90 Å². The Balaban J connectivity index is 1.79. The van der Waals surface area contributed by atoms with Crippen LogP contribution in [0.3, 0.4) is 0 Å². The van der Waals surface area contributed by atoms with Crippen molar-refractivity contribution in [3.8, 4) is 0 Å². The number of rotatable bonds is 2. The maximum Gasteiger partial charge on any atom is 0.243 e. The van der Waals surface area contributed by atoms with Gasteiger partial charge in [-0.2, -0.15) is 5.01 Å². The van der Waals surface area contributed by atoms with Gasteiger partial charge in [0.1, 0.15) is 0 Å². The van der Waals surface area contributed by atoms with E-state index in [4.69, 9.17) is 4.74 Å². The largest absolute Gasteiger partial charge is 0.446 e. The van der Waals surface area contributed by atoms with Gasteiger partial charge in [-0.1, -0.05) is 42.5 Å². The van der Waals surface area contributed by atoms with E-state index in [1.165, 1.54) is 11.9 Å². The summed E-state index contributed by atoms with van der Waals surface area (Å²) >= 11 is 0. The van der Waals surface area contributed by atoms with Crippen LogP contribution >= 0.6 is 0 Å². The fourth-order valence-electron chi connectivity index (χ4n) is 2.83. The Morgan fingerprint density at radius 1 is 1.08 bits per heavy atom. The number of carbonyl (C=O) groups excluding carboxylic acids is 1. The number of nitrogens with zero attached hydrogens (tertiary/aromatic N) is 3. The molecule has 0 spiro atoms. The van der Waals surface area contributed by atoms with E-state index in [2.05, 4.69) is 10.1 Å². The molecule has 1 amide bonds. The van der Waals surface area contributed by atoms with Crippen molar-refractivity contribution in [3.05, 3.63) is 78.1 Å². The number of benzene rings is 2. The van der Waals surface area contributed by atoms with Gasteiger partial charge in [0.05, 0.1) is 0 Å². The Morgan fingerprint density at radius 3 is 2.71 bits per heavy atom. The van der Waals surface area contributed by atoms with Gasteiger partial charge in [0.25, 0.3) is 0 Å². The number of ether oxygens (including phenoxy) is 1. The molecular formula is C19H15N3O2. The van der Waals surface area contributed by atoms with E-state index in [1.807, 2.05) is 54.6 Å². The zero-order chi connectivity index (χ0) is 16.5. The summed E-state index contributed by atoms with van der Waals surface area (Å²) in [4.78, 5) is 16.1. The highest BCUT2D eigenvalue weighted by molar-refractivity contribution is 6.07. The zero-order valence-electron chi connectivity index (χ0n) is 13.1. The fourth-order valence-corrected chi connectivity index (χ4v) is 2.83. The Morgan fingerprint density at radius 2 is 1.92 bits per heavy atom. The van der Waals surface area contributed by atoms with E-state index in [9.17, 15) is 4.79 Å². The molecular weight excluding hydrogens is 302 g/mol. The molecule has 2 aromatic carbocycles. The maximum absolute atomic E-state index is 12.0. The molecule has 0 radical (unpaired) electrons. The number of amides is 1. The molecule has 0 fully saturated rings. The highest BCUT2D eigenvalue weighted by Gasteiger charge is 2.33. The Kier molecular flexibility index (Phi) is 3.46. The van der Waals surface area contributed by atoms with Gasteiger partial charge in [0, 0.05) is 30.4 Å². The van der Waals surface area contributed by atoms with Crippen molar-refractivity contribution in [2.45, 2.75) is 13.2 Å². The fraction of sp³-hybridized carbons (Fsp3) is 0.105. The molecule has 1 aliphatic rings. The quantitative estimate of drug-likeness (QED) is 0.727. The van der Waals surface area contributed by atoms with Crippen molar-refractivity contribution in [2.24, 2.45) is 5.10 Å². The number of fused-ring (bicyclic) bond motifs is 1. The van der Waals surface area contributed by atoms with E-state index in [0.717, 1.165) is 21.9 Å². The van der Waals surface area contributed by atoms with Gasteiger partial charge in [-0.3, -0.25) is 9.78 Å². The molecule has 0 saturated carbocycles. The lowest BCUT2D eigenvalue weighted by molar-refractivity contribution is -0.135. The second-order valence-electron chi connectivity index (χ2n) is 5.55. The van der Waals surface area contributed by atoms with Crippen LogP contribution in [-0.4, -0.2) is 21.8 Å². The van der Waals surface area contributed by atoms with Crippen LogP contribution in [0.1, 0.15) is 24.3 Å². The minimum atomic E-state index is -0.592. The van der Waals surface area contributed by atoms with Crippen molar-refractivity contribution in [1.29, 1.82) is 0 Å². The van der Waals surface area contributed by atoms with Gasteiger partial charge in [-0.15, -0.1) is 5.10 Å². The van der Waals surface area contributed by atoms with Crippen molar-refractivity contribution >= 4 is 22.6 Å². The predicted octanol–water partition coefficient (Wildman–Crippen LogP) is 3.47. The van der Waals surface area contributed by atoms with Crippen molar-refractivity contribution in [2.75, 3.05) is 0 Å². The lowest BCUT2D eigenvalue weighted by Crippen LogP contribution is -2.25. The minimum Gasteiger partial charge on any atom is -0.446 e. The molecule has 0 unspecified atom stereocenters. The van der Waals surface area contributed by atoms with Gasteiger partial charge < -0.3 is 4.74 Å². The van der Waals surface area contributed by atoms with E-state index in [-0.39, 0.29) is 5.91 Å². The average molecular weight is 317 g/mol. The Labute approximate surface area is 139 Å². The van der Waals surface area contributed by atoms with Crippen LogP contribution in [0, 0.1) is 0 Å². The maximum atomic E-state index is 12.0. The number of hydrogen-bond donors (Lipinski definition) is 0. The molecule has 3 aromatic rings. The van der Waals surface area contributed by atoms with Gasteiger partial charge >= 0.3 is 0 Å². The SMILES string of the molecule is CC(=O)N1N=C(c2cccc3ccccc23)O[C@H]1c1cccnc1. The van der Waals surface area contributed by atoms with E-state index >= 15 is 0 Å². The van der Waals surface area contributed by atoms with Crippen LogP contribution in [0.25, 0.3) is 10.8 Å². The smallest absolute Gasteiger partial charge is 0.243 e. The first-order chi connectivity index (χ1) is 11.7. The second kappa shape index (κ2) is 5.77. The number of hydrogen-bond acceptors (Lipinski definition) is 4. The van der Waals surface area contributed by atoms with Crippen molar-refractivity contribution in [3.63, 3.8) is 0 Å². The van der Waals surface area contributed by atoms with Gasteiger partial charge in [-0.05, 0) is 22.9 Å². The third-order valence-corrected chi connectivity index (χ3v) is 3.96. The monoisotopic (exact) mass is 317 g/mol. The number of pyridine rings is 1. The second-order valence-corrected chi connectivity index (χ2v) is 5.55. The molecule has 2 heterocycles. The molecule has 1 aromatic heterocycles.